The summed E-state index contributed by atoms with van der Waals surface area (Å²) < 4.78 is 0. The van der Waals surface area contributed by atoms with Gasteiger partial charge in [-0.05, 0) is 36.6 Å². The Morgan fingerprint density at radius 3 is 2.33 bits per heavy atom. The summed E-state index contributed by atoms with van der Waals surface area (Å²) in [6, 6.07) is 6.72. The van der Waals surface area contributed by atoms with Crippen LogP contribution in [0.3, 0.4) is 0 Å². The predicted molar refractivity (Wildman–Crippen MR) is 85.5 cm³/mol. The van der Waals surface area contributed by atoms with Gasteiger partial charge in [-0.3, -0.25) is 9.59 Å². The van der Waals surface area contributed by atoms with Crippen molar-refractivity contribution in [3.8, 4) is 0 Å². The second kappa shape index (κ2) is 8.67. The molecule has 1 N–H and O–H groups in total. The largest absolute Gasteiger partial charge is 0.350 e. The maximum atomic E-state index is 11.9. The minimum absolute atomic E-state index is 0.0383. The molecule has 1 aromatic rings. The van der Waals surface area contributed by atoms with Crippen molar-refractivity contribution < 1.29 is 9.59 Å². The van der Waals surface area contributed by atoms with Crippen molar-refractivity contribution in [3.05, 3.63) is 34.9 Å². The summed E-state index contributed by atoms with van der Waals surface area (Å²) in [5, 5.41) is 3.42. The molecule has 0 saturated heterocycles. The molecule has 0 aliphatic rings. The van der Waals surface area contributed by atoms with Gasteiger partial charge in [-0.15, -0.1) is 0 Å². The number of nitrogens with zero attached hydrogens (tertiary/aromatic N) is 1. The van der Waals surface area contributed by atoms with Crippen molar-refractivity contribution in [3.63, 3.8) is 0 Å². The Balaban J connectivity index is 2.41. The highest BCUT2D eigenvalue weighted by Gasteiger charge is 2.10. The number of hydrogen-bond donors (Lipinski definition) is 1. The maximum absolute atomic E-state index is 11.9. The zero-order valence-electron chi connectivity index (χ0n) is 12.9. The van der Waals surface area contributed by atoms with Gasteiger partial charge in [-0.2, -0.15) is 0 Å². The van der Waals surface area contributed by atoms with Crippen LogP contribution in [0.2, 0.25) is 5.02 Å². The van der Waals surface area contributed by atoms with Crippen LogP contribution in [0.15, 0.2) is 24.3 Å². The van der Waals surface area contributed by atoms with Gasteiger partial charge in [0.05, 0.1) is 0 Å². The predicted octanol–water partition coefficient (Wildman–Crippen LogP) is 2.96. The molecule has 0 heterocycles. The van der Waals surface area contributed by atoms with E-state index in [2.05, 4.69) is 19.2 Å². The number of carbonyl (C=O) groups is 2. The van der Waals surface area contributed by atoms with Crippen molar-refractivity contribution in [2.45, 2.75) is 27.2 Å². The van der Waals surface area contributed by atoms with Gasteiger partial charge in [0, 0.05) is 37.1 Å². The standard InChI is InChI=1S/C16H23ClN2O2/c1-12(2)8-10-19(13(3)20)11-9-18-16(21)14-4-6-15(17)7-5-14/h4-7,12H,8-11H2,1-3H3,(H,18,21). The van der Waals surface area contributed by atoms with Gasteiger partial charge >= 0.3 is 0 Å². The van der Waals surface area contributed by atoms with Crippen LogP contribution in [-0.2, 0) is 4.79 Å². The minimum Gasteiger partial charge on any atom is -0.350 e. The Bertz CT molecular complexity index is 472. The summed E-state index contributed by atoms with van der Waals surface area (Å²) in [5.74, 6) is 0.436. The lowest BCUT2D eigenvalue weighted by Gasteiger charge is -2.22. The molecule has 0 radical (unpaired) electrons. The molecule has 0 aliphatic heterocycles. The van der Waals surface area contributed by atoms with Crippen LogP contribution in [0.1, 0.15) is 37.6 Å². The fourth-order valence-corrected chi connectivity index (χ4v) is 1.97. The van der Waals surface area contributed by atoms with Crippen LogP contribution in [0.5, 0.6) is 0 Å². The van der Waals surface area contributed by atoms with Crippen LogP contribution in [0, 0.1) is 5.92 Å². The van der Waals surface area contributed by atoms with Gasteiger partial charge in [-0.25, -0.2) is 0 Å². The lowest BCUT2D eigenvalue weighted by Crippen LogP contribution is -2.38. The fourth-order valence-electron chi connectivity index (χ4n) is 1.85. The first-order valence-corrected chi connectivity index (χ1v) is 7.57. The second-order valence-electron chi connectivity index (χ2n) is 5.45. The van der Waals surface area contributed by atoms with Crippen LogP contribution >= 0.6 is 11.6 Å². The Morgan fingerprint density at radius 2 is 1.81 bits per heavy atom. The quantitative estimate of drug-likeness (QED) is 0.841. The number of benzene rings is 1. The smallest absolute Gasteiger partial charge is 0.251 e. The van der Waals surface area contributed by atoms with E-state index in [1.54, 1.807) is 36.1 Å². The Kier molecular flexibility index (Phi) is 7.23. The Labute approximate surface area is 131 Å². The van der Waals surface area contributed by atoms with E-state index < -0.39 is 0 Å². The van der Waals surface area contributed by atoms with E-state index in [1.165, 1.54) is 0 Å². The van der Waals surface area contributed by atoms with Crippen molar-refractivity contribution in [1.82, 2.24) is 10.2 Å². The van der Waals surface area contributed by atoms with Crippen LogP contribution in [0.4, 0.5) is 0 Å². The highest BCUT2D eigenvalue weighted by molar-refractivity contribution is 6.30. The molecule has 116 valence electrons. The van der Waals surface area contributed by atoms with E-state index in [-0.39, 0.29) is 11.8 Å². The maximum Gasteiger partial charge on any atom is 0.251 e. The second-order valence-corrected chi connectivity index (χ2v) is 5.89. The number of hydrogen-bond acceptors (Lipinski definition) is 2. The van der Waals surface area contributed by atoms with Crippen molar-refractivity contribution in [2.24, 2.45) is 5.92 Å². The average molecular weight is 311 g/mol. The van der Waals surface area contributed by atoms with Gasteiger partial charge in [-0.1, -0.05) is 25.4 Å². The highest BCUT2D eigenvalue weighted by Crippen LogP contribution is 2.09. The van der Waals surface area contributed by atoms with Crippen molar-refractivity contribution in [1.29, 1.82) is 0 Å². The summed E-state index contributed by atoms with van der Waals surface area (Å²) in [5.41, 5.74) is 0.566. The third-order valence-electron chi connectivity index (χ3n) is 3.20. The number of halogens is 1. The topological polar surface area (TPSA) is 49.4 Å². The molecule has 1 rings (SSSR count). The minimum atomic E-state index is -0.154. The molecule has 0 unspecified atom stereocenters. The summed E-state index contributed by atoms with van der Waals surface area (Å²) >= 11 is 5.78. The molecule has 1 aromatic carbocycles. The fraction of sp³-hybridized carbons (Fsp3) is 0.500. The third-order valence-corrected chi connectivity index (χ3v) is 3.45. The summed E-state index contributed by atoms with van der Waals surface area (Å²) in [7, 11) is 0. The zero-order valence-corrected chi connectivity index (χ0v) is 13.6. The molecule has 5 heteroatoms. The lowest BCUT2D eigenvalue weighted by molar-refractivity contribution is -0.128. The first kappa shape index (κ1) is 17.5. The molecular formula is C16H23ClN2O2. The van der Waals surface area contributed by atoms with Gasteiger partial charge in [0.25, 0.3) is 5.91 Å². The number of nitrogens with one attached hydrogen (secondary N) is 1. The molecule has 21 heavy (non-hydrogen) atoms. The first-order chi connectivity index (χ1) is 9.90. The number of carbonyl (C=O) groups excluding carboxylic acids is 2. The van der Waals surface area contributed by atoms with E-state index in [9.17, 15) is 9.59 Å². The van der Waals surface area contributed by atoms with Crippen molar-refractivity contribution >= 4 is 23.4 Å². The van der Waals surface area contributed by atoms with Crippen molar-refractivity contribution in [2.75, 3.05) is 19.6 Å². The highest BCUT2D eigenvalue weighted by atomic mass is 35.5. The lowest BCUT2D eigenvalue weighted by atomic mass is 10.1. The van der Waals surface area contributed by atoms with Gasteiger partial charge in [0.2, 0.25) is 5.91 Å². The summed E-state index contributed by atoms with van der Waals surface area (Å²) in [6.45, 7) is 7.51. The third kappa shape index (κ3) is 6.63. The zero-order chi connectivity index (χ0) is 15.8. The SMILES string of the molecule is CC(=O)N(CCNC(=O)c1ccc(Cl)cc1)CCC(C)C. The van der Waals surface area contributed by atoms with E-state index in [1.807, 2.05) is 0 Å². The molecule has 4 nitrogen and oxygen atoms in total. The first-order valence-electron chi connectivity index (χ1n) is 7.19. The Hall–Kier alpha value is -1.55. The Morgan fingerprint density at radius 1 is 1.19 bits per heavy atom. The molecule has 0 aliphatic carbocycles. The molecule has 0 aromatic heterocycles. The molecule has 0 saturated carbocycles. The molecule has 0 fully saturated rings. The molecule has 2 amide bonds. The molecule has 0 spiro atoms. The summed E-state index contributed by atoms with van der Waals surface area (Å²) in [6.07, 6.45) is 0.963. The molecule has 0 atom stereocenters. The average Bonchev–Trinajstić information content (AvgIpc) is 2.42. The van der Waals surface area contributed by atoms with E-state index in [4.69, 9.17) is 11.6 Å². The van der Waals surface area contributed by atoms with Gasteiger partial charge < -0.3 is 10.2 Å². The monoisotopic (exact) mass is 310 g/mol. The van der Waals surface area contributed by atoms with Gasteiger partial charge in [0.1, 0.15) is 0 Å². The number of rotatable bonds is 7. The van der Waals surface area contributed by atoms with E-state index in [0.29, 0.717) is 29.6 Å². The van der Waals surface area contributed by atoms with Crippen LogP contribution in [-0.4, -0.2) is 36.3 Å². The van der Waals surface area contributed by atoms with Crippen LogP contribution < -0.4 is 5.32 Å². The normalized spacial score (nSPS) is 10.5. The summed E-state index contributed by atoms with van der Waals surface area (Å²) in [4.78, 5) is 25.2. The van der Waals surface area contributed by atoms with E-state index >= 15 is 0 Å². The number of amides is 2. The molecular weight excluding hydrogens is 288 g/mol. The van der Waals surface area contributed by atoms with Gasteiger partial charge in [0.15, 0.2) is 0 Å². The van der Waals surface area contributed by atoms with E-state index in [0.717, 1.165) is 13.0 Å². The van der Waals surface area contributed by atoms with Crippen LogP contribution in [0.25, 0.3) is 0 Å². The molecule has 0 bridgehead atoms.